The summed E-state index contributed by atoms with van der Waals surface area (Å²) in [6.45, 7) is 1.63. The summed E-state index contributed by atoms with van der Waals surface area (Å²) >= 11 is 3.04. The normalized spacial score (nSPS) is 11.3. The number of carboxylic acid groups (broad SMARTS) is 1. The summed E-state index contributed by atoms with van der Waals surface area (Å²) in [5.41, 5.74) is -0.0203. The minimum absolute atomic E-state index is 0.0203. The highest BCUT2D eigenvalue weighted by Gasteiger charge is 2.20. The highest BCUT2D eigenvalue weighted by molar-refractivity contribution is 9.10. The Kier molecular flexibility index (Phi) is 3.82. The molecule has 0 bridgehead atoms. The van der Waals surface area contributed by atoms with E-state index in [4.69, 9.17) is 9.63 Å². The van der Waals surface area contributed by atoms with E-state index >= 15 is 0 Å². The van der Waals surface area contributed by atoms with Crippen LogP contribution in [0.2, 0.25) is 0 Å². The molecule has 1 heterocycles. The van der Waals surface area contributed by atoms with Crippen molar-refractivity contribution >= 4 is 37.7 Å². The summed E-state index contributed by atoms with van der Waals surface area (Å²) in [7, 11) is -3.89. The van der Waals surface area contributed by atoms with Crippen molar-refractivity contribution in [3.63, 3.8) is 0 Å². The first kappa shape index (κ1) is 14.5. The first-order chi connectivity index (χ1) is 9.29. The van der Waals surface area contributed by atoms with Crippen molar-refractivity contribution in [3.05, 3.63) is 40.1 Å². The Morgan fingerprint density at radius 2 is 2.10 bits per heavy atom. The molecule has 20 heavy (non-hydrogen) atoms. The molecule has 0 aliphatic carbocycles. The van der Waals surface area contributed by atoms with Gasteiger partial charge in [0, 0.05) is 10.5 Å². The summed E-state index contributed by atoms with van der Waals surface area (Å²) in [4.78, 5) is 10.7. The smallest absolute Gasteiger partial charge is 0.335 e. The van der Waals surface area contributed by atoms with Gasteiger partial charge in [0.25, 0.3) is 10.0 Å². The number of sulfonamides is 1. The number of carboxylic acids is 1. The highest BCUT2D eigenvalue weighted by atomic mass is 79.9. The number of halogens is 1. The number of anilines is 1. The van der Waals surface area contributed by atoms with Gasteiger partial charge in [-0.05, 0) is 41.1 Å². The van der Waals surface area contributed by atoms with Crippen LogP contribution in [0.25, 0.3) is 0 Å². The molecule has 2 N–H and O–H groups in total. The fraction of sp³-hybridized carbons (Fsp3) is 0.0909. The van der Waals surface area contributed by atoms with E-state index in [2.05, 4.69) is 25.8 Å². The maximum atomic E-state index is 12.1. The molecule has 0 spiro atoms. The Morgan fingerprint density at radius 3 is 2.60 bits per heavy atom. The molecule has 0 radical (unpaired) electrons. The molecule has 0 aliphatic rings. The summed E-state index contributed by atoms with van der Waals surface area (Å²) in [6, 6.07) is 5.04. The quantitative estimate of drug-likeness (QED) is 0.864. The number of nitrogens with zero attached hydrogens (tertiary/aromatic N) is 1. The number of aromatic carboxylic acids is 1. The summed E-state index contributed by atoms with van der Waals surface area (Å²) in [5, 5.41) is 12.4. The van der Waals surface area contributed by atoms with Gasteiger partial charge in [-0.15, -0.1) is 0 Å². The predicted molar refractivity (Wildman–Crippen MR) is 73.1 cm³/mol. The van der Waals surface area contributed by atoms with Crippen molar-refractivity contribution in [2.24, 2.45) is 0 Å². The first-order valence-corrected chi connectivity index (χ1v) is 7.56. The molecule has 1 aromatic heterocycles. The van der Waals surface area contributed by atoms with Crippen LogP contribution in [-0.4, -0.2) is 24.7 Å². The SMILES string of the molecule is Cc1cc(NS(=O)(=O)c2ccc(C(=O)O)cc2Br)no1. The fourth-order valence-electron chi connectivity index (χ4n) is 1.46. The van der Waals surface area contributed by atoms with E-state index in [-0.39, 0.29) is 20.7 Å². The minimum atomic E-state index is -3.89. The molecule has 9 heteroatoms. The van der Waals surface area contributed by atoms with Gasteiger partial charge in [-0.1, -0.05) is 5.16 Å². The number of hydrogen-bond donors (Lipinski definition) is 2. The fourth-order valence-corrected chi connectivity index (χ4v) is 3.52. The molecule has 0 aliphatic heterocycles. The van der Waals surface area contributed by atoms with E-state index in [1.807, 2.05) is 0 Å². The number of benzene rings is 1. The standard InChI is InChI=1S/C11H9BrN2O5S/c1-6-4-10(13-19-6)14-20(17,18)9-3-2-7(11(15)16)5-8(9)12/h2-5H,1H3,(H,13,14)(H,15,16). The number of hydrogen-bond acceptors (Lipinski definition) is 5. The molecule has 0 fully saturated rings. The third kappa shape index (κ3) is 2.99. The number of aromatic nitrogens is 1. The lowest BCUT2D eigenvalue weighted by Crippen LogP contribution is -2.14. The third-order valence-electron chi connectivity index (χ3n) is 2.34. The van der Waals surface area contributed by atoms with Crippen LogP contribution in [0.4, 0.5) is 5.82 Å². The van der Waals surface area contributed by atoms with Crippen molar-refractivity contribution in [3.8, 4) is 0 Å². The van der Waals surface area contributed by atoms with Crippen LogP contribution in [0.1, 0.15) is 16.1 Å². The van der Waals surface area contributed by atoms with Crippen LogP contribution in [0.3, 0.4) is 0 Å². The zero-order valence-electron chi connectivity index (χ0n) is 10.1. The Balaban J connectivity index is 2.37. The molecule has 0 unspecified atom stereocenters. The summed E-state index contributed by atoms with van der Waals surface area (Å²) in [6.07, 6.45) is 0. The molecule has 1 aromatic carbocycles. The van der Waals surface area contributed by atoms with Gasteiger partial charge in [0.2, 0.25) is 0 Å². The number of rotatable bonds is 4. The monoisotopic (exact) mass is 360 g/mol. The average Bonchev–Trinajstić information content (AvgIpc) is 2.73. The summed E-state index contributed by atoms with van der Waals surface area (Å²) in [5.74, 6) is -0.630. The van der Waals surface area contributed by atoms with Gasteiger partial charge < -0.3 is 9.63 Å². The van der Waals surface area contributed by atoms with Crippen molar-refractivity contribution < 1.29 is 22.8 Å². The lowest BCUT2D eigenvalue weighted by atomic mass is 10.2. The van der Waals surface area contributed by atoms with Gasteiger partial charge in [0.15, 0.2) is 5.82 Å². The van der Waals surface area contributed by atoms with Crippen molar-refractivity contribution in [2.75, 3.05) is 4.72 Å². The number of carbonyl (C=O) groups is 1. The third-order valence-corrected chi connectivity index (χ3v) is 4.67. The molecule has 0 saturated carbocycles. The van der Waals surface area contributed by atoms with Crippen LogP contribution in [0, 0.1) is 6.92 Å². The van der Waals surface area contributed by atoms with Gasteiger partial charge in [0.1, 0.15) is 10.7 Å². The molecule has 106 valence electrons. The molecule has 7 nitrogen and oxygen atoms in total. The Hall–Kier alpha value is -1.87. The van der Waals surface area contributed by atoms with Crippen LogP contribution < -0.4 is 4.72 Å². The number of aryl methyl sites for hydroxylation is 1. The van der Waals surface area contributed by atoms with E-state index in [0.29, 0.717) is 5.76 Å². The van der Waals surface area contributed by atoms with E-state index in [1.165, 1.54) is 24.3 Å². The maximum absolute atomic E-state index is 12.1. The predicted octanol–water partition coefficient (Wildman–Crippen LogP) is 2.24. The minimum Gasteiger partial charge on any atom is -0.478 e. The maximum Gasteiger partial charge on any atom is 0.335 e. The van der Waals surface area contributed by atoms with E-state index < -0.39 is 16.0 Å². The zero-order chi connectivity index (χ0) is 14.9. The zero-order valence-corrected chi connectivity index (χ0v) is 12.5. The van der Waals surface area contributed by atoms with Gasteiger partial charge in [-0.25, -0.2) is 13.2 Å². The lowest BCUT2D eigenvalue weighted by Gasteiger charge is -2.07. The summed E-state index contributed by atoms with van der Waals surface area (Å²) < 4.78 is 31.4. The van der Waals surface area contributed by atoms with Gasteiger partial charge in [-0.2, -0.15) is 0 Å². The molecule has 0 atom stereocenters. The van der Waals surface area contributed by atoms with E-state index in [0.717, 1.165) is 0 Å². The van der Waals surface area contributed by atoms with Crippen LogP contribution in [-0.2, 0) is 10.0 Å². The van der Waals surface area contributed by atoms with Crippen LogP contribution in [0.5, 0.6) is 0 Å². The topological polar surface area (TPSA) is 110 Å². The second-order valence-electron chi connectivity index (χ2n) is 3.88. The van der Waals surface area contributed by atoms with Crippen molar-refractivity contribution in [1.29, 1.82) is 0 Å². The molecule has 0 saturated heterocycles. The van der Waals surface area contributed by atoms with Gasteiger partial charge in [-0.3, -0.25) is 4.72 Å². The van der Waals surface area contributed by atoms with Crippen molar-refractivity contribution in [1.82, 2.24) is 5.16 Å². The van der Waals surface area contributed by atoms with Crippen LogP contribution in [0.15, 0.2) is 38.2 Å². The first-order valence-electron chi connectivity index (χ1n) is 5.28. The second kappa shape index (κ2) is 5.25. The second-order valence-corrected chi connectivity index (χ2v) is 6.38. The average molecular weight is 361 g/mol. The largest absolute Gasteiger partial charge is 0.478 e. The Labute approximate surface area is 122 Å². The Morgan fingerprint density at radius 1 is 1.40 bits per heavy atom. The van der Waals surface area contributed by atoms with E-state index in [1.54, 1.807) is 6.92 Å². The molecular weight excluding hydrogens is 352 g/mol. The van der Waals surface area contributed by atoms with Gasteiger partial charge in [0.05, 0.1) is 5.56 Å². The van der Waals surface area contributed by atoms with E-state index in [9.17, 15) is 13.2 Å². The van der Waals surface area contributed by atoms with Gasteiger partial charge >= 0.3 is 5.97 Å². The molecule has 2 aromatic rings. The lowest BCUT2D eigenvalue weighted by molar-refractivity contribution is 0.0696. The van der Waals surface area contributed by atoms with Crippen molar-refractivity contribution in [2.45, 2.75) is 11.8 Å². The molecular formula is C11H9BrN2O5S. The highest BCUT2D eigenvalue weighted by Crippen LogP contribution is 2.25. The number of nitrogens with one attached hydrogen (secondary N) is 1. The van der Waals surface area contributed by atoms with Crippen LogP contribution >= 0.6 is 15.9 Å². The Bertz CT molecular complexity index is 769. The molecule has 2 rings (SSSR count). The molecule has 0 amide bonds.